The molecule has 0 radical (unpaired) electrons. The second kappa shape index (κ2) is 3.69. The van der Waals surface area contributed by atoms with E-state index in [-0.39, 0.29) is 6.10 Å². The van der Waals surface area contributed by atoms with Crippen LogP contribution >= 0.6 is 11.6 Å². The highest BCUT2D eigenvalue weighted by molar-refractivity contribution is 6.29. The van der Waals surface area contributed by atoms with Gasteiger partial charge in [-0.2, -0.15) is 0 Å². The fraction of sp³-hybridized carbons (Fsp3) is 0.375. The highest BCUT2D eigenvalue weighted by Crippen LogP contribution is 2.06. The topological polar surface area (TPSA) is 33.1 Å². The van der Waals surface area contributed by atoms with E-state index in [9.17, 15) is 0 Å². The monoisotopic (exact) mass is 171 g/mol. The molecule has 0 saturated heterocycles. The number of halogens is 1. The van der Waals surface area contributed by atoms with Crippen molar-refractivity contribution in [1.82, 2.24) is 4.98 Å². The Kier molecular flexibility index (Phi) is 2.85. The summed E-state index contributed by atoms with van der Waals surface area (Å²) in [6.45, 7) is 1.74. The predicted octanol–water partition coefficient (Wildman–Crippen LogP) is 1.66. The van der Waals surface area contributed by atoms with Crippen molar-refractivity contribution in [3.63, 3.8) is 0 Å². The lowest BCUT2D eigenvalue weighted by Crippen LogP contribution is -2.03. The average Bonchev–Trinajstić information content (AvgIpc) is 1.93. The molecule has 3 heteroatoms. The molecule has 1 aromatic rings. The summed E-state index contributed by atoms with van der Waals surface area (Å²) in [4.78, 5) is 3.89. The molecule has 0 aliphatic carbocycles. The van der Waals surface area contributed by atoms with Crippen LogP contribution < -0.4 is 0 Å². The Labute approximate surface area is 70.8 Å². The van der Waals surface area contributed by atoms with Crippen LogP contribution in [0.25, 0.3) is 0 Å². The number of hydrogen-bond acceptors (Lipinski definition) is 2. The van der Waals surface area contributed by atoms with Crippen molar-refractivity contribution in [3.8, 4) is 0 Å². The minimum Gasteiger partial charge on any atom is -0.393 e. The molecule has 0 aromatic carbocycles. The maximum absolute atomic E-state index is 9.01. The summed E-state index contributed by atoms with van der Waals surface area (Å²) in [6, 6.07) is 3.58. The molecule has 0 unspecified atom stereocenters. The Hall–Kier alpha value is -0.600. The summed E-state index contributed by atoms with van der Waals surface area (Å²) in [5, 5.41) is 9.50. The van der Waals surface area contributed by atoms with E-state index < -0.39 is 0 Å². The van der Waals surface area contributed by atoms with Crippen LogP contribution in [0.15, 0.2) is 18.3 Å². The van der Waals surface area contributed by atoms with Gasteiger partial charge in [-0.05, 0) is 25.0 Å². The van der Waals surface area contributed by atoms with Crippen LogP contribution in [-0.4, -0.2) is 16.2 Å². The lowest BCUT2D eigenvalue weighted by molar-refractivity contribution is 0.195. The average molecular weight is 172 g/mol. The molecule has 60 valence electrons. The fourth-order valence-electron chi connectivity index (χ4n) is 0.868. The second-order valence-corrected chi connectivity index (χ2v) is 2.93. The highest BCUT2D eigenvalue weighted by atomic mass is 35.5. The molecular weight excluding hydrogens is 162 g/mol. The second-order valence-electron chi connectivity index (χ2n) is 2.54. The van der Waals surface area contributed by atoms with Crippen LogP contribution in [0, 0.1) is 0 Å². The molecule has 0 bridgehead atoms. The predicted molar refractivity (Wildman–Crippen MR) is 44.6 cm³/mol. The van der Waals surface area contributed by atoms with E-state index in [1.165, 1.54) is 0 Å². The van der Waals surface area contributed by atoms with Gasteiger partial charge < -0.3 is 5.11 Å². The van der Waals surface area contributed by atoms with Crippen molar-refractivity contribution in [2.45, 2.75) is 19.4 Å². The van der Waals surface area contributed by atoms with E-state index in [1.807, 2.05) is 6.07 Å². The van der Waals surface area contributed by atoms with Crippen LogP contribution in [0.3, 0.4) is 0 Å². The first-order valence-electron chi connectivity index (χ1n) is 3.47. The van der Waals surface area contributed by atoms with Crippen molar-refractivity contribution in [3.05, 3.63) is 29.0 Å². The Balaban J connectivity index is 2.66. The third-order valence-electron chi connectivity index (χ3n) is 1.32. The summed E-state index contributed by atoms with van der Waals surface area (Å²) >= 11 is 5.57. The van der Waals surface area contributed by atoms with Gasteiger partial charge in [-0.15, -0.1) is 0 Å². The van der Waals surface area contributed by atoms with Crippen LogP contribution in [0.1, 0.15) is 12.5 Å². The van der Waals surface area contributed by atoms with Gasteiger partial charge in [0, 0.05) is 6.20 Å². The number of nitrogens with zero attached hydrogens (tertiary/aromatic N) is 1. The quantitative estimate of drug-likeness (QED) is 0.687. The third kappa shape index (κ3) is 2.87. The van der Waals surface area contributed by atoms with E-state index in [0.717, 1.165) is 5.56 Å². The van der Waals surface area contributed by atoms with Gasteiger partial charge in [-0.25, -0.2) is 4.98 Å². The van der Waals surface area contributed by atoms with Crippen molar-refractivity contribution in [2.24, 2.45) is 0 Å². The van der Waals surface area contributed by atoms with Crippen molar-refractivity contribution in [2.75, 3.05) is 0 Å². The van der Waals surface area contributed by atoms with Crippen LogP contribution in [0.4, 0.5) is 0 Å². The maximum Gasteiger partial charge on any atom is 0.129 e. The van der Waals surface area contributed by atoms with Crippen molar-refractivity contribution in [1.29, 1.82) is 0 Å². The third-order valence-corrected chi connectivity index (χ3v) is 1.54. The van der Waals surface area contributed by atoms with Gasteiger partial charge in [0.2, 0.25) is 0 Å². The summed E-state index contributed by atoms with van der Waals surface area (Å²) in [5.41, 5.74) is 1.00. The Morgan fingerprint density at radius 3 is 2.82 bits per heavy atom. The molecule has 1 N–H and O–H groups in total. The van der Waals surface area contributed by atoms with E-state index in [2.05, 4.69) is 4.98 Å². The lowest BCUT2D eigenvalue weighted by atomic mass is 10.1. The fourth-order valence-corrected chi connectivity index (χ4v) is 0.980. The number of aliphatic hydroxyl groups is 1. The lowest BCUT2D eigenvalue weighted by Gasteiger charge is -2.02. The zero-order valence-corrected chi connectivity index (χ0v) is 7.04. The van der Waals surface area contributed by atoms with E-state index in [4.69, 9.17) is 16.7 Å². The van der Waals surface area contributed by atoms with Gasteiger partial charge in [-0.3, -0.25) is 0 Å². The van der Waals surface area contributed by atoms with Crippen molar-refractivity contribution < 1.29 is 5.11 Å². The Morgan fingerprint density at radius 1 is 1.64 bits per heavy atom. The summed E-state index contributed by atoms with van der Waals surface area (Å²) < 4.78 is 0. The number of rotatable bonds is 2. The molecule has 0 amide bonds. The molecule has 1 heterocycles. The molecule has 0 aliphatic rings. The zero-order valence-electron chi connectivity index (χ0n) is 6.29. The van der Waals surface area contributed by atoms with Gasteiger partial charge in [0.25, 0.3) is 0 Å². The maximum atomic E-state index is 9.01. The van der Waals surface area contributed by atoms with E-state index in [1.54, 1.807) is 19.2 Å². The first-order chi connectivity index (χ1) is 5.18. The van der Waals surface area contributed by atoms with Gasteiger partial charge in [0.15, 0.2) is 0 Å². The molecular formula is C8H10ClNO. The first-order valence-corrected chi connectivity index (χ1v) is 3.85. The van der Waals surface area contributed by atoms with Gasteiger partial charge >= 0.3 is 0 Å². The first kappa shape index (κ1) is 8.50. The van der Waals surface area contributed by atoms with Crippen LogP contribution in [-0.2, 0) is 6.42 Å². The van der Waals surface area contributed by atoms with Gasteiger partial charge in [-0.1, -0.05) is 17.7 Å². The standard InChI is InChI=1S/C8H10ClNO/c1-6(11)4-7-2-3-8(9)10-5-7/h2-3,5-6,11H,4H2,1H3/t6-/m1/s1. The minimum atomic E-state index is -0.321. The smallest absolute Gasteiger partial charge is 0.129 e. The summed E-state index contributed by atoms with van der Waals surface area (Å²) in [6.07, 6.45) is 1.98. The Bertz CT molecular complexity index is 220. The SMILES string of the molecule is C[C@@H](O)Cc1ccc(Cl)nc1. The van der Waals surface area contributed by atoms with Crippen molar-refractivity contribution >= 4 is 11.6 Å². The normalized spacial score (nSPS) is 13.0. The number of aromatic nitrogens is 1. The number of hydrogen-bond donors (Lipinski definition) is 1. The molecule has 1 aromatic heterocycles. The Morgan fingerprint density at radius 2 is 2.36 bits per heavy atom. The van der Waals surface area contributed by atoms with Crippen LogP contribution in [0.5, 0.6) is 0 Å². The molecule has 0 aliphatic heterocycles. The number of aliphatic hydroxyl groups excluding tert-OH is 1. The summed E-state index contributed by atoms with van der Waals surface area (Å²) in [7, 11) is 0. The number of pyridine rings is 1. The van der Waals surface area contributed by atoms with E-state index >= 15 is 0 Å². The highest BCUT2D eigenvalue weighted by Gasteiger charge is 1.98. The van der Waals surface area contributed by atoms with E-state index in [0.29, 0.717) is 11.6 Å². The van der Waals surface area contributed by atoms with Gasteiger partial charge in [0.05, 0.1) is 6.10 Å². The zero-order chi connectivity index (χ0) is 8.27. The molecule has 1 atom stereocenters. The molecule has 1 rings (SSSR count). The molecule has 0 fully saturated rings. The van der Waals surface area contributed by atoms with Crippen LogP contribution in [0.2, 0.25) is 5.15 Å². The minimum absolute atomic E-state index is 0.321. The van der Waals surface area contributed by atoms with Gasteiger partial charge in [0.1, 0.15) is 5.15 Å². The molecule has 0 saturated carbocycles. The largest absolute Gasteiger partial charge is 0.393 e. The molecule has 2 nitrogen and oxygen atoms in total. The molecule has 11 heavy (non-hydrogen) atoms. The summed E-state index contributed by atoms with van der Waals surface area (Å²) in [5.74, 6) is 0. The molecule has 0 spiro atoms.